The number of nitrogens with one attached hydrogen (secondary N) is 1. The van der Waals surface area contributed by atoms with Gasteiger partial charge in [-0.1, -0.05) is 0 Å². The second-order valence-corrected chi connectivity index (χ2v) is 4.49. The first-order valence-corrected chi connectivity index (χ1v) is 5.15. The fraction of sp³-hybridized carbons (Fsp3) is 0.800. The molecule has 14 heavy (non-hydrogen) atoms. The molecule has 0 saturated carbocycles. The summed E-state index contributed by atoms with van der Waals surface area (Å²) in [6.07, 6.45) is 3.09. The maximum Gasteiger partial charge on any atom is 0.233 e. The third kappa shape index (κ3) is 1.54. The number of imide groups is 1. The highest BCUT2D eigenvalue weighted by Gasteiger charge is 2.46. The normalized spacial score (nSPS) is 34.6. The van der Waals surface area contributed by atoms with E-state index in [4.69, 9.17) is 0 Å². The Morgan fingerprint density at radius 1 is 1.29 bits per heavy atom. The summed E-state index contributed by atoms with van der Waals surface area (Å²) in [6, 6.07) is 0. The zero-order chi connectivity index (χ0) is 10.2. The minimum atomic E-state index is -0.373. The largest absolute Gasteiger partial charge is 0.306 e. The van der Waals surface area contributed by atoms with E-state index in [1.807, 2.05) is 0 Å². The molecule has 2 fully saturated rings. The van der Waals surface area contributed by atoms with E-state index in [1.165, 1.54) is 0 Å². The summed E-state index contributed by atoms with van der Waals surface area (Å²) in [5.74, 6) is -0.141. The second-order valence-electron chi connectivity index (χ2n) is 4.49. The Hall–Kier alpha value is -0.900. The van der Waals surface area contributed by atoms with Crippen LogP contribution in [0.1, 0.15) is 25.7 Å². The maximum absolute atomic E-state index is 11.7. The van der Waals surface area contributed by atoms with Crippen molar-refractivity contribution in [3.63, 3.8) is 0 Å². The van der Waals surface area contributed by atoms with E-state index in [9.17, 15) is 9.59 Å². The van der Waals surface area contributed by atoms with E-state index < -0.39 is 0 Å². The van der Waals surface area contributed by atoms with Crippen LogP contribution in [0.5, 0.6) is 0 Å². The van der Waals surface area contributed by atoms with E-state index in [2.05, 4.69) is 17.3 Å². The number of amides is 2. The van der Waals surface area contributed by atoms with Gasteiger partial charge in [-0.25, -0.2) is 0 Å². The van der Waals surface area contributed by atoms with Gasteiger partial charge in [-0.3, -0.25) is 14.9 Å². The van der Waals surface area contributed by atoms with Gasteiger partial charge >= 0.3 is 0 Å². The lowest BCUT2D eigenvalue weighted by Gasteiger charge is -2.22. The molecule has 78 valence electrons. The quantitative estimate of drug-likeness (QED) is 0.560. The van der Waals surface area contributed by atoms with Crippen LogP contribution in [-0.2, 0) is 9.59 Å². The van der Waals surface area contributed by atoms with Crippen molar-refractivity contribution in [1.29, 1.82) is 0 Å². The van der Waals surface area contributed by atoms with Gasteiger partial charge in [-0.15, -0.1) is 0 Å². The van der Waals surface area contributed by atoms with Gasteiger partial charge in [-0.05, 0) is 39.4 Å². The Labute approximate surface area is 83.6 Å². The molecule has 4 nitrogen and oxygen atoms in total. The van der Waals surface area contributed by atoms with Gasteiger partial charge in [0.1, 0.15) is 0 Å². The average Bonchev–Trinajstić information content (AvgIpc) is 2.31. The standard InChI is InChI=1S/C10H16N2O2/c1-12-5-2-3-10(4-6-12)7-8(13)11-9(10)14/h2-7H2,1H3,(H,11,13,14). The van der Waals surface area contributed by atoms with Crippen LogP contribution in [0.4, 0.5) is 0 Å². The highest BCUT2D eigenvalue weighted by Crippen LogP contribution is 2.38. The molecule has 2 amide bonds. The summed E-state index contributed by atoms with van der Waals surface area (Å²) in [6.45, 7) is 1.95. The van der Waals surface area contributed by atoms with Gasteiger partial charge in [0.2, 0.25) is 11.8 Å². The molecule has 0 aromatic carbocycles. The summed E-state index contributed by atoms with van der Waals surface area (Å²) in [7, 11) is 2.06. The molecule has 2 saturated heterocycles. The van der Waals surface area contributed by atoms with E-state index in [1.54, 1.807) is 0 Å². The lowest BCUT2D eigenvalue weighted by molar-refractivity contribution is -0.129. The first-order valence-electron chi connectivity index (χ1n) is 5.15. The monoisotopic (exact) mass is 196 g/mol. The summed E-state index contributed by atoms with van der Waals surface area (Å²) in [5, 5.41) is 2.42. The minimum Gasteiger partial charge on any atom is -0.306 e. The fourth-order valence-electron chi connectivity index (χ4n) is 2.42. The predicted molar refractivity (Wildman–Crippen MR) is 51.5 cm³/mol. The topological polar surface area (TPSA) is 49.4 Å². The van der Waals surface area contributed by atoms with Crippen molar-refractivity contribution < 1.29 is 9.59 Å². The number of carbonyl (C=O) groups excluding carboxylic acids is 2. The van der Waals surface area contributed by atoms with Crippen LogP contribution in [0.3, 0.4) is 0 Å². The Morgan fingerprint density at radius 3 is 2.71 bits per heavy atom. The highest BCUT2D eigenvalue weighted by atomic mass is 16.2. The van der Waals surface area contributed by atoms with Crippen LogP contribution in [0.2, 0.25) is 0 Å². The Bertz CT molecular complexity index is 277. The predicted octanol–water partition coefficient (Wildman–Crippen LogP) is 0.135. The zero-order valence-electron chi connectivity index (χ0n) is 8.51. The van der Waals surface area contributed by atoms with Gasteiger partial charge in [0.15, 0.2) is 0 Å². The molecule has 2 rings (SSSR count). The number of hydrogen-bond acceptors (Lipinski definition) is 3. The molecule has 1 N–H and O–H groups in total. The van der Waals surface area contributed by atoms with Crippen LogP contribution in [0, 0.1) is 5.41 Å². The van der Waals surface area contributed by atoms with Crippen molar-refractivity contribution in [3.05, 3.63) is 0 Å². The molecular formula is C10H16N2O2. The smallest absolute Gasteiger partial charge is 0.233 e. The first-order chi connectivity index (χ1) is 6.62. The molecule has 1 atom stereocenters. The Morgan fingerprint density at radius 2 is 2.07 bits per heavy atom. The van der Waals surface area contributed by atoms with Gasteiger partial charge in [0.05, 0.1) is 5.41 Å². The lowest BCUT2D eigenvalue weighted by Crippen LogP contribution is -2.32. The van der Waals surface area contributed by atoms with Crippen molar-refractivity contribution in [2.24, 2.45) is 5.41 Å². The summed E-state index contributed by atoms with van der Waals surface area (Å²) < 4.78 is 0. The van der Waals surface area contributed by atoms with Gasteiger partial charge < -0.3 is 4.90 Å². The van der Waals surface area contributed by atoms with Crippen LogP contribution < -0.4 is 5.32 Å². The van der Waals surface area contributed by atoms with Crippen LogP contribution in [0.15, 0.2) is 0 Å². The minimum absolute atomic E-state index is 0.0437. The molecule has 0 aromatic rings. The van der Waals surface area contributed by atoms with Gasteiger partial charge in [0, 0.05) is 6.42 Å². The van der Waals surface area contributed by atoms with Crippen molar-refractivity contribution in [1.82, 2.24) is 10.2 Å². The van der Waals surface area contributed by atoms with Crippen LogP contribution in [0.25, 0.3) is 0 Å². The van der Waals surface area contributed by atoms with Crippen molar-refractivity contribution in [2.45, 2.75) is 25.7 Å². The number of rotatable bonds is 0. The number of nitrogens with zero attached hydrogens (tertiary/aromatic N) is 1. The molecule has 1 unspecified atom stereocenters. The second kappa shape index (κ2) is 3.35. The third-order valence-corrected chi connectivity index (χ3v) is 3.40. The SMILES string of the molecule is CN1CCCC2(CC1)CC(=O)NC2=O. The first kappa shape index (κ1) is 9.65. The van der Waals surface area contributed by atoms with Crippen molar-refractivity contribution in [3.8, 4) is 0 Å². The molecule has 2 aliphatic rings. The van der Waals surface area contributed by atoms with E-state index in [0.717, 1.165) is 32.4 Å². The molecule has 0 bridgehead atoms. The van der Waals surface area contributed by atoms with E-state index in [-0.39, 0.29) is 17.2 Å². The summed E-state index contributed by atoms with van der Waals surface area (Å²) in [4.78, 5) is 25.1. The van der Waals surface area contributed by atoms with Crippen molar-refractivity contribution >= 4 is 11.8 Å². The molecule has 0 aliphatic carbocycles. The average molecular weight is 196 g/mol. The van der Waals surface area contributed by atoms with E-state index in [0.29, 0.717) is 6.42 Å². The fourth-order valence-corrected chi connectivity index (χ4v) is 2.42. The van der Waals surface area contributed by atoms with Gasteiger partial charge in [-0.2, -0.15) is 0 Å². The highest BCUT2D eigenvalue weighted by molar-refractivity contribution is 6.05. The Balaban J connectivity index is 2.15. The molecule has 0 aromatic heterocycles. The Kier molecular flexibility index (Phi) is 2.31. The van der Waals surface area contributed by atoms with Crippen LogP contribution >= 0.6 is 0 Å². The lowest BCUT2D eigenvalue weighted by atomic mass is 9.79. The van der Waals surface area contributed by atoms with E-state index >= 15 is 0 Å². The molecular weight excluding hydrogens is 180 g/mol. The molecule has 2 aliphatic heterocycles. The summed E-state index contributed by atoms with van der Waals surface area (Å²) >= 11 is 0. The maximum atomic E-state index is 11.7. The third-order valence-electron chi connectivity index (χ3n) is 3.40. The molecule has 1 spiro atoms. The molecule has 2 heterocycles. The van der Waals surface area contributed by atoms with Crippen molar-refractivity contribution in [2.75, 3.05) is 20.1 Å². The molecule has 0 radical (unpaired) electrons. The van der Waals surface area contributed by atoms with Gasteiger partial charge in [0.25, 0.3) is 0 Å². The van der Waals surface area contributed by atoms with Crippen LogP contribution in [-0.4, -0.2) is 36.9 Å². The number of carbonyl (C=O) groups is 2. The molecule has 4 heteroatoms. The zero-order valence-corrected chi connectivity index (χ0v) is 8.51. The number of hydrogen-bond donors (Lipinski definition) is 1. The summed E-state index contributed by atoms with van der Waals surface area (Å²) in [5.41, 5.74) is -0.373. The number of likely N-dealkylation sites (tertiary alicyclic amines) is 1.